The average Bonchev–Trinajstić information content (AvgIpc) is 2.61. The van der Waals surface area contributed by atoms with Crippen molar-refractivity contribution in [3.05, 3.63) is 40.3 Å². The number of hydrogen-bond acceptors (Lipinski definition) is 2. The fourth-order valence-electron chi connectivity index (χ4n) is 1.55. The predicted octanol–water partition coefficient (Wildman–Crippen LogP) is 1.13. The Kier molecular flexibility index (Phi) is 2.17. The summed E-state index contributed by atoms with van der Waals surface area (Å²) in [5, 5.41) is 0. The van der Waals surface area contributed by atoms with Gasteiger partial charge in [0.1, 0.15) is 0 Å². The minimum Gasteiger partial charge on any atom is -0.215 e. The lowest BCUT2D eigenvalue weighted by atomic mass is 10.1. The van der Waals surface area contributed by atoms with Crippen LogP contribution in [0.25, 0.3) is 6.08 Å². The molecule has 0 spiro atoms. The van der Waals surface area contributed by atoms with Gasteiger partial charge >= 0.3 is 0 Å². The first kappa shape index (κ1) is 9.43. The largest absolute Gasteiger partial charge is 0.236 e. The van der Waals surface area contributed by atoms with Crippen molar-refractivity contribution >= 4 is 16.1 Å². The van der Waals surface area contributed by atoms with Crippen molar-refractivity contribution in [3.63, 3.8) is 0 Å². The molecule has 0 heterocycles. The highest BCUT2D eigenvalue weighted by atomic mass is 32.2. The van der Waals surface area contributed by atoms with Crippen LogP contribution in [0.3, 0.4) is 0 Å². The molecule has 0 amide bonds. The second-order valence-electron chi connectivity index (χ2n) is 3.19. The lowest BCUT2D eigenvalue weighted by Gasteiger charge is -2.01. The Balaban J connectivity index is 2.42. The molecule has 0 atom stereocenters. The van der Waals surface area contributed by atoms with Crippen LogP contribution in [0.15, 0.2) is 29.2 Å². The van der Waals surface area contributed by atoms with Crippen LogP contribution in [0.4, 0.5) is 0 Å². The molecule has 0 fully saturated rings. The van der Waals surface area contributed by atoms with Crippen LogP contribution in [0.1, 0.15) is 11.1 Å². The Labute approximate surface area is 83.5 Å². The molecule has 1 N–H and O–H groups in total. The number of fused-ring (bicyclic) bond motifs is 1. The predicted molar refractivity (Wildman–Crippen MR) is 56.1 cm³/mol. The first-order valence-corrected chi connectivity index (χ1v) is 5.84. The number of nitrogens with one attached hydrogen (secondary N) is 1. The highest BCUT2D eigenvalue weighted by molar-refractivity contribution is 7.93. The molecule has 1 aliphatic rings. The summed E-state index contributed by atoms with van der Waals surface area (Å²) in [4.78, 5) is 0.446. The third-order valence-electron chi connectivity index (χ3n) is 2.35. The first-order chi connectivity index (χ1) is 6.63. The summed E-state index contributed by atoms with van der Waals surface area (Å²) in [6.07, 6.45) is 2.22. The van der Waals surface area contributed by atoms with E-state index >= 15 is 0 Å². The van der Waals surface area contributed by atoms with E-state index in [1.807, 2.05) is 24.3 Å². The lowest BCUT2D eigenvalue weighted by molar-refractivity contribution is 0.594. The highest BCUT2D eigenvalue weighted by Crippen LogP contribution is 2.27. The monoisotopic (exact) mass is 209 g/mol. The first-order valence-electron chi connectivity index (χ1n) is 4.35. The summed E-state index contributed by atoms with van der Waals surface area (Å²) in [7, 11) is -1.82. The third kappa shape index (κ3) is 1.47. The van der Waals surface area contributed by atoms with Crippen molar-refractivity contribution in [2.24, 2.45) is 0 Å². The molecule has 0 aliphatic heterocycles. The van der Waals surface area contributed by atoms with Crippen LogP contribution in [-0.4, -0.2) is 15.5 Å². The lowest BCUT2D eigenvalue weighted by Crippen LogP contribution is -2.20. The molecule has 1 aliphatic carbocycles. The summed E-state index contributed by atoms with van der Waals surface area (Å²) in [5.74, 6) is 0. The molecule has 2 rings (SSSR count). The van der Waals surface area contributed by atoms with Gasteiger partial charge in [-0.25, -0.2) is 13.1 Å². The van der Waals surface area contributed by atoms with E-state index in [0.29, 0.717) is 11.3 Å². The van der Waals surface area contributed by atoms with Crippen molar-refractivity contribution in [1.29, 1.82) is 0 Å². The fourth-order valence-corrected chi connectivity index (χ4v) is 2.44. The quantitative estimate of drug-likeness (QED) is 0.793. The van der Waals surface area contributed by atoms with Crippen molar-refractivity contribution < 1.29 is 8.42 Å². The molecular weight excluding hydrogens is 198 g/mol. The van der Waals surface area contributed by atoms with E-state index in [-0.39, 0.29) is 0 Å². The fraction of sp³-hybridized carbons (Fsp3) is 0.200. The van der Waals surface area contributed by atoms with Crippen LogP contribution >= 0.6 is 0 Å². The van der Waals surface area contributed by atoms with Gasteiger partial charge in [0.2, 0.25) is 10.0 Å². The van der Waals surface area contributed by atoms with Crippen molar-refractivity contribution in [3.8, 4) is 0 Å². The summed E-state index contributed by atoms with van der Waals surface area (Å²) < 4.78 is 25.3. The van der Waals surface area contributed by atoms with Crippen molar-refractivity contribution in [2.75, 3.05) is 7.05 Å². The molecule has 3 nitrogen and oxygen atoms in total. The molecule has 0 saturated carbocycles. The van der Waals surface area contributed by atoms with E-state index in [4.69, 9.17) is 0 Å². The van der Waals surface area contributed by atoms with Crippen molar-refractivity contribution in [1.82, 2.24) is 4.72 Å². The molecule has 0 saturated heterocycles. The Morgan fingerprint density at radius 1 is 1.29 bits per heavy atom. The van der Waals surface area contributed by atoms with Gasteiger partial charge < -0.3 is 0 Å². The van der Waals surface area contributed by atoms with E-state index in [2.05, 4.69) is 4.72 Å². The summed E-state index contributed by atoms with van der Waals surface area (Å²) in [5.41, 5.74) is 2.07. The van der Waals surface area contributed by atoms with Gasteiger partial charge in [0, 0.05) is 6.42 Å². The summed E-state index contributed by atoms with van der Waals surface area (Å²) >= 11 is 0. The van der Waals surface area contributed by atoms with Gasteiger partial charge in [-0.1, -0.05) is 24.3 Å². The Hall–Kier alpha value is -1.13. The van der Waals surface area contributed by atoms with E-state index in [9.17, 15) is 8.42 Å². The topological polar surface area (TPSA) is 46.2 Å². The van der Waals surface area contributed by atoms with E-state index < -0.39 is 10.0 Å². The Bertz CT molecular complexity index is 489. The molecule has 74 valence electrons. The molecule has 0 unspecified atom stereocenters. The number of benzene rings is 1. The normalized spacial score (nSPS) is 15.1. The van der Waals surface area contributed by atoms with E-state index in [1.54, 1.807) is 6.08 Å². The maximum atomic E-state index is 11.5. The third-order valence-corrected chi connectivity index (χ3v) is 3.84. The van der Waals surface area contributed by atoms with Crippen LogP contribution in [-0.2, 0) is 16.4 Å². The molecule has 0 radical (unpaired) electrons. The van der Waals surface area contributed by atoms with Gasteiger partial charge in [-0.2, -0.15) is 0 Å². The minimum absolute atomic E-state index is 0.446. The molecule has 1 aromatic carbocycles. The van der Waals surface area contributed by atoms with Gasteiger partial charge in [-0.3, -0.25) is 0 Å². The molecule has 4 heteroatoms. The summed E-state index contributed by atoms with van der Waals surface area (Å²) in [6, 6.07) is 7.70. The number of hydrogen-bond donors (Lipinski definition) is 1. The summed E-state index contributed by atoms with van der Waals surface area (Å²) in [6.45, 7) is 0. The Morgan fingerprint density at radius 2 is 2.00 bits per heavy atom. The molecule has 0 bridgehead atoms. The standard InChI is InChI=1S/C10H11NO2S/c1-11-14(12,13)10-6-8-4-2-3-5-9(8)7-10/h2-6,11H,7H2,1H3. The van der Waals surface area contributed by atoms with Gasteiger partial charge in [0.15, 0.2) is 0 Å². The number of sulfonamides is 1. The van der Waals surface area contributed by atoms with Crippen LogP contribution < -0.4 is 4.72 Å². The number of allylic oxidation sites excluding steroid dienone is 1. The maximum Gasteiger partial charge on any atom is 0.236 e. The zero-order valence-electron chi connectivity index (χ0n) is 7.82. The minimum atomic E-state index is -3.25. The van der Waals surface area contributed by atoms with E-state index in [1.165, 1.54) is 7.05 Å². The molecule has 0 aromatic heterocycles. The number of rotatable bonds is 2. The SMILES string of the molecule is CNS(=O)(=O)C1=Cc2ccccc2C1. The van der Waals surface area contributed by atoms with Crippen molar-refractivity contribution in [2.45, 2.75) is 6.42 Å². The zero-order chi connectivity index (χ0) is 10.2. The van der Waals surface area contributed by atoms with Gasteiger partial charge in [-0.05, 0) is 24.3 Å². The van der Waals surface area contributed by atoms with Gasteiger partial charge in [0.05, 0.1) is 4.91 Å². The zero-order valence-corrected chi connectivity index (χ0v) is 8.64. The highest BCUT2D eigenvalue weighted by Gasteiger charge is 2.21. The second kappa shape index (κ2) is 3.22. The van der Waals surface area contributed by atoms with Gasteiger partial charge in [-0.15, -0.1) is 0 Å². The Morgan fingerprint density at radius 3 is 2.64 bits per heavy atom. The second-order valence-corrected chi connectivity index (χ2v) is 5.13. The molecule has 14 heavy (non-hydrogen) atoms. The average molecular weight is 209 g/mol. The molecular formula is C10H11NO2S. The maximum absolute atomic E-state index is 11.5. The van der Waals surface area contributed by atoms with Gasteiger partial charge in [0.25, 0.3) is 0 Å². The van der Waals surface area contributed by atoms with Crippen LogP contribution in [0, 0.1) is 0 Å². The van der Waals surface area contributed by atoms with Crippen LogP contribution in [0.5, 0.6) is 0 Å². The smallest absolute Gasteiger partial charge is 0.215 e. The van der Waals surface area contributed by atoms with E-state index in [0.717, 1.165) is 11.1 Å². The van der Waals surface area contributed by atoms with Crippen LogP contribution in [0.2, 0.25) is 0 Å². The molecule has 1 aromatic rings.